The van der Waals surface area contributed by atoms with Crippen LogP contribution < -0.4 is 10.1 Å². The van der Waals surface area contributed by atoms with Crippen LogP contribution in [0.25, 0.3) is 11.0 Å². The highest BCUT2D eigenvalue weighted by molar-refractivity contribution is 5.82. The van der Waals surface area contributed by atoms with E-state index in [4.69, 9.17) is 9.72 Å². The van der Waals surface area contributed by atoms with Crippen LogP contribution in [-0.4, -0.2) is 21.6 Å². The summed E-state index contributed by atoms with van der Waals surface area (Å²) in [6.45, 7) is 3.77. The molecule has 1 N–H and O–H groups in total. The molecule has 0 saturated heterocycles. The lowest BCUT2D eigenvalue weighted by Gasteiger charge is -2.22. The van der Waals surface area contributed by atoms with Crippen molar-refractivity contribution in [2.75, 3.05) is 0 Å². The van der Waals surface area contributed by atoms with Crippen molar-refractivity contribution in [3.8, 4) is 5.75 Å². The number of imidazole rings is 1. The molecule has 0 aliphatic heterocycles. The van der Waals surface area contributed by atoms with Crippen molar-refractivity contribution >= 4 is 16.9 Å². The summed E-state index contributed by atoms with van der Waals surface area (Å²) in [5, 5.41) is 3.14. The van der Waals surface area contributed by atoms with Crippen LogP contribution in [0.1, 0.15) is 29.9 Å². The summed E-state index contributed by atoms with van der Waals surface area (Å²) in [5.74, 6) is 1.25. The van der Waals surface area contributed by atoms with Gasteiger partial charge in [-0.05, 0) is 43.7 Å². The van der Waals surface area contributed by atoms with Gasteiger partial charge in [-0.25, -0.2) is 4.98 Å². The second kappa shape index (κ2) is 8.41. The van der Waals surface area contributed by atoms with Crippen molar-refractivity contribution in [2.24, 2.45) is 7.05 Å². The lowest BCUT2D eigenvalue weighted by molar-refractivity contribution is -0.127. The van der Waals surface area contributed by atoms with Gasteiger partial charge in [-0.15, -0.1) is 0 Å². The van der Waals surface area contributed by atoms with E-state index < -0.39 is 6.10 Å². The van der Waals surface area contributed by atoms with Crippen LogP contribution >= 0.6 is 0 Å². The van der Waals surface area contributed by atoms with Gasteiger partial charge in [0, 0.05) is 7.05 Å². The summed E-state index contributed by atoms with van der Waals surface area (Å²) < 4.78 is 7.88. The molecule has 0 bridgehead atoms. The second-order valence-electron chi connectivity index (χ2n) is 7.44. The van der Waals surface area contributed by atoms with E-state index in [2.05, 4.69) is 5.32 Å². The number of amides is 1. The lowest BCUT2D eigenvalue weighted by atomic mass is 10.1. The third-order valence-corrected chi connectivity index (χ3v) is 5.20. The molecule has 152 valence electrons. The van der Waals surface area contributed by atoms with Crippen LogP contribution in [0.3, 0.4) is 0 Å². The number of carbonyl (C=O) groups is 1. The fourth-order valence-corrected chi connectivity index (χ4v) is 3.50. The molecule has 30 heavy (non-hydrogen) atoms. The fraction of sp³-hybridized carbons (Fsp3) is 0.200. The van der Waals surface area contributed by atoms with Gasteiger partial charge in [-0.3, -0.25) is 4.79 Å². The van der Waals surface area contributed by atoms with Crippen LogP contribution in [-0.2, 0) is 11.8 Å². The molecule has 0 saturated carbocycles. The number of carbonyl (C=O) groups excluding carboxylic acids is 1. The maximum Gasteiger partial charge on any atom is 0.261 e. The first-order valence-electron chi connectivity index (χ1n) is 10.0. The monoisotopic (exact) mass is 399 g/mol. The lowest BCUT2D eigenvalue weighted by Crippen LogP contribution is -2.39. The predicted molar refractivity (Wildman–Crippen MR) is 118 cm³/mol. The van der Waals surface area contributed by atoms with Crippen molar-refractivity contribution in [2.45, 2.75) is 26.0 Å². The third-order valence-electron chi connectivity index (χ3n) is 5.20. The average Bonchev–Trinajstić information content (AvgIpc) is 3.10. The molecule has 0 radical (unpaired) electrons. The molecule has 0 aliphatic rings. The number of nitrogens with zero attached hydrogens (tertiary/aromatic N) is 2. The van der Waals surface area contributed by atoms with Crippen LogP contribution in [0.5, 0.6) is 5.75 Å². The highest BCUT2D eigenvalue weighted by Crippen LogP contribution is 2.25. The molecule has 4 rings (SSSR count). The molecule has 1 aromatic heterocycles. The van der Waals surface area contributed by atoms with Crippen molar-refractivity contribution in [1.29, 1.82) is 0 Å². The topological polar surface area (TPSA) is 56.1 Å². The van der Waals surface area contributed by atoms with Crippen molar-refractivity contribution in [3.05, 3.63) is 95.8 Å². The molecule has 5 heteroatoms. The van der Waals surface area contributed by atoms with Gasteiger partial charge in [0.2, 0.25) is 0 Å². The zero-order chi connectivity index (χ0) is 21.1. The van der Waals surface area contributed by atoms with Gasteiger partial charge in [0.1, 0.15) is 17.6 Å². The number of aryl methyl sites for hydroxylation is 2. The first kappa shape index (κ1) is 19.7. The van der Waals surface area contributed by atoms with Gasteiger partial charge in [-0.1, -0.05) is 60.2 Å². The van der Waals surface area contributed by atoms with Gasteiger partial charge < -0.3 is 14.6 Å². The first-order chi connectivity index (χ1) is 14.5. The number of ether oxygens (including phenoxy) is 1. The zero-order valence-electron chi connectivity index (χ0n) is 17.4. The van der Waals surface area contributed by atoms with E-state index >= 15 is 0 Å². The maximum absolute atomic E-state index is 13.0. The van der Waals surface area contributed by atoms with Gasteiger partial charge in [0.25, 0.3) is 5.91 Å². The highest BCUT2D eigenvalue weighted by atomic mass is 16.5. The summed E-state index contributed by atoms with van der Waals surface area (Å²) in [7, 11) is 1.97. The predicted octanol–water partition coefficient (Wildman–Crippen LogP) is 4.55. The number of nitrogens with one attached hydrogen (secondary N) is 1. The van der Waals surface area contributed by atoms with Gasteiger partial charge in [0.05, 0.1) is 11.0 Å². The summed E-state index contributed by atoms with van der Waals surface area (Å²) in [4.78, 5) is 17.8. The summed E-state index contributed by atoms with van der Waals surface area (Å²) in [6, 6.07) is 25.1. The largest absolute Gasteiger partial charge is 0.481 e. The van der Waals surface area contributed by atoms with Crippen LogP contribution in [0, 0.1) is 6.92 Å². The van der Waals surface area contributed by atoms with Gasteiger partial charge in [-0.2, -0.15) is 0 Å². The molecule has 4 aromatic rings. The number of benzene rings is 3. The van der Waals surface area contributed by atoms with E-state index in [1.807, 2.05) is 97.4 Å². The Balaban J connectivity index is 1.62. The van der Waals surface area contributed by atoms with Crippen molar-refractivity contribution < 1.29 is 9.53 Å². The zero-order valence-corrected chi connectivity index (χ0v) is 17.4. The average molecular weight is 399 g/mol. The Bertz CT molecular complexity index is 1150. The SMILES string of the molecule is Cc1ccc(OC(C)C(=O)NC(c2ccccc2)c2nc3ccccc3n2C)cc1. The maximum atomic E-state index is 13.0. The van der Waals surface area contributed by atoms with Crippen LogP contribution in [0.4, 0.5) is 0 Å². The smallest absolute Gasteiger partial charge is 0.261 e. The van der Waals surface area contributed by atoms with E-state index in [0.29, 0.717) is 5.75 Å². The summed E-state index contributed by atoms with van der Waals surface area (Å²) in [5.41, 5.74) is 4.03. The Morgan fingerprint density at radius 3 is 2.33 bits per heavy atom. The molecular weight excluding hydrogens is 374 g/mol. The molecule has 2 unspecified atom stereocenters. The van der Waals surface area contributed by atoms with E-state index in [-0.39, 0.29) is 11.9 Å². The molecule has 2 atom stereocenters. The Labute approximate surface area is 176 Å². The highest BCUT2D eigenvalue weighted by Gasteiger charge is 2.25. The van der Waals surface area contributed by atoms with Crippen molar-refractivity contribution in [1.82, 2.24) is 14.9 Å². The molecule has 0 aliphatic carbocycles. The van der Waals surface area contributed by atoms with E-state index in [9.17, 15) is 4.79 Å². The number of rotatable bonds is 6. The number of hydrogen-bond donors (Lipinski definition) is 1. The molecule has 5 nitrogen and oxygen atoms in total. The molecule has 0 spiro atoms. The molecule has 1 amide bonds. The van der Waals surface area contributed by atoms with E-state index in [0.717, 1.165) is 28.0 Å². The fourth-order valence-electron chi connectivity index (χ4n) is 3.50. The first-order valence-corrected chi connectivity index (χ1v) is 10.0. The minimum Gasteiger partial charge on any atom is -0.481 e. The molecule has 0 fully saturated rings. The summed E-state index contributed by atoms with van der Waals surface area (Å²) in [6.07, 6.45) is -0.645. The number of fused-ring (bicyclic) bond motifs is 1. The molecule has 3 aromatic carbocycles. The molecular formula is C25H25N3O2. The minimum absolute atomic E-state index is 0.198. The number of para-hydroxylation sites is 2. The van der Waals surface area contributed by atoms with E-state index in [1.54, 1.807) is 6.92 Å². The van der Waals surface area contributed by atoms with Crippen LogP contribution in [0.15, 0.2) is 78.9 Å². The van der Waals surface area contributed by atoms with Crippen LogP contribution in [0.2, 0.25) is 0 Å². The van der Waals surface area contributed by atoms with Gasteiger partial charge in [0.15, 0.2) is 6.10 Å². The van der Waals surface area contributed by atoms with E-state index in [1.165, 1.54) is 0 Å². The van der Waals surface area contributed by atoms with Crippen molar-refractivity contribution in [3.63, 3.8) is 0 Å². The Hall–Kier alpha value is -3.60. The number of aromatic nitrogens is 2. The normalized spacial score (nSPS) is 13.0. The minimum atomic E-state index is -0.645. The molecule has 1 heterocycles. The Morgan fingerprint density at radius 1 is 0.967 bits per heavy atom. The summed E-state index contributed by atoms with van der Waals surface area (Å²) >= 11 is 0. The third kappa shape index (κ3) is 4.06. The Morgan fingerprint density at radius 2 is 1.63 bits per heavy atom. The Kier molecular flexibility index (Phi) is 5.53. The standard InChI is InChI=1S/C25H25N3O2/c1-17-13-15-20(16-14-17)30-18(2)25(29)27-23(19-9-5-4-6-10-19)24-26-21-11-7-8-12-22(21)28(24)3/h4-16,18,23H,1-3H3,(H,27,29). The number of hydrogen-bond acceptors (Lipinski definition) is 3. The second-order valence-corrected chi connectivity index (χ2v) is 7.44. The quantitative estimate of drug-likeness (QED) is 0.517. The van der Waals surface area contributed by atoms with Gasteiger partial charge >= 0.3 is 0 Å².